The number of sulfonamides is 1. The molecule has 2 N–H and O–H groups in total. The van der Waals surface area contributed by atoms with Crippen molar-refractivity contribution < 1.29 is 17.9 Å². The summed E-state index contributed by atoms with van der Waals surface area (Å²) in [5, 5.41) is 2.93. The van der Waals surface area contributed by atoms with Gasteiger partial charge >= 0.3 is 0 Å². The van der Waals surface area contributed by atoms with Crippen molar-refractivity contribution in [3.8, 4) is 5.75 Å². The smallest absolute Gasteiger partial charge is 0.251 e. The average Bonchev–Trinajstić information content (AvgIpc) is 2.67. The quantitative estimate of drug-likeness (QED) is 0.618. The fourth-order valence-electron chi connectivity index (χ4n) is 3.03. The molecule has 158 valence electrons. The van der Waals surface area contributed by atoms with Gasteiger partial charge in [0.1, 0.15) is 5.75 Å². The summed E-state index contributed by atoms with van der Waals surface area (Å²) in [6.45, 7) is 2.17. The average molecular weight is 420 g/mol. The lowest BCUT2D eigenvalue weighted by Gasteiger charge is -2.26. The summed E-state index contributed by atoms with van der Waals surface area (Å²) in [5.74, 6) is 0.517. The van der Waals surface area contributed by atoms with Crippen molar-refractivity contribution in [3.05, 3.63) is 59.7 Å². The second-order valence-corrected chi connectivity index (χ2v) is 8.77. The summed E-state index contributed by atoms with van der Waals surface area (Å²) >= 11 is 0. The lowest BCUT2D eigenvalue weighted by atomic mass is 10.0. The molecule has 0 aliphatic heterocycles. The van der Waals surface area contributed by atoms with E-state index in [1.807, 2.05) is 43.3 Å². The maximum atomic E-state index is 12.7. The standard InChI is InChI=1S/C21H29N3O4S/c1-5-13-29(26,27)23-17-10-8-9-16(14-17)21(25)22-15-19(24(2)3)18-11-6-7-12-20(18)28-4/h6-12,14,19,23H,5,13,15H2,1-4H3,(H,22,25)/t19-/m1/s1. The van der Waals surface area contributed by atoms with Crippen LogP contribution in [0.3, 0.4) is 0 Å². The van der Waals surface area contributed by atoms with Crippen molar-refractivity contribution in [2.45, 2.75) is 19.4 Å². The number of amides is 1. The van der Waals surface area contributed by atoms with E-state index in [4.69, 9.17) is 4.74 Å². The molecule has 7 nitrogen and oxygen atoms in total. The summed E-state index contributed by atoms with van der Waals surface area (Å²) in [5.41, 5.74) is 1.74. The Hall–Kier alpha value is -2.58. The first kappa shape index (κ1) is 22.7. The summed E-state index contributed by atoms with van der Waals surface area (Å²) < 4.78 is 31.9. The first-order valence-electron chi connectivity index (χ1n) is 9.45. The Balaban J connectivity index is 2.12. The van der Waals surface area contributed by atoms with Crippen LogP contribution in [-0.4, -0.2) is 52.7 Å². The predicted molar refractivity (Wildman–Crippen MR) is 116 cm³/mol. The van der Waals surface area contributed by atoms with E-state index < -0.39 is 10.0 Å². The molecule has 8 heteroatoms. The van der Waals surface area contributed by atoms with Crippen LogP contribution in [0.4, 0.5) is 5.69 Å². The van der Waals surface area contributed by atoms with Gasteiger partial charge in [0.2, 0.25) is 10.0 Å². The van der Waals surface area contributed by atoms with Gasteiger partial charge in [0.05, 0.1) is 18.9 Å². The minimum atomic E-state index is -3.41. The molecule has 0 aromatic heterocycles. The summed E-state index contributed by atoms with van der Waals surface area (Å²) in [7, 11) is 2.08. The van der Waals surface area contributed by atoms with Gasteiger partial charge in [0.25, 0.3) is 5.91 Å². The van der Waals surface area contributed by atoms with Crippen LogP contribution in [0.25, 0.3) is 0 Å². The van der Waals surface area contributed by atoms with E-state index in [0.29, 0.717) is 24.2 Å². The van der Waals surface area contributed by atoms with Crippen molar-refractivity contribution in [1.82, 2.24) is 10.2 Å². The molecule has 0 aliphatic rings. The second-order valence-electron chi connectivity index (χ2n) is 6.93. The number of benzene rings is 2. The SMILES string of the molecule is CCCS(=O)(=O)Nc1cccc(C(=O)NC[C@H](c2ccccc2OC)N(C)C)c1. The number of rotatable bonds is 10. The third-order valence-electron chi connectivity index (χ3n) is 4.45. The summed E-state index contributed by atoms with van der Waals surface area (Å²) in [4.78, 5) is 14.7. The number of ether oxygens (including phenoxy) is 1. The van der Waals surface area contributed by atoms with Crippen LogP contribution in [0.2, 0.25) is 0 Å². The van der Waals surface area contributed by atoms with E-state index in [1.165, 1.54) is 6.07 Å². The minimum Gasteiger partial charge on any atom is -0.496 e. The Morgan fingerprint density at radius 3 is 2.52 bits per heavy atom. The number of para-hydroxylation sites is 1. The van der Waals surface area contributed by atoms with E-state index in [0.717, 1.165) is 11.3 Å². The lowest BCUT2D eigenvalue weighted by Crippen LogP contribution is -2.34. The molecular weight excluding hydrogens is 390 g/mol. The highest BCUT2D eigenvalue weighted by atomic mass is 32.2. The largest absolute Gasteiger partial charge is 0.496 e. The third kappa shape index (κ3) is 6.47. The molecule has 2 aromatic carbocycles. The van der Waals surface area contributed by atoms with Gasteiger partial charge in [0, 0.05) is 23.4 Å². The number of likely N-dealkylation sites (N-methyl/N-ethyl adjacent to an activating group) is 1. The van der Waals surface area contributed by atoms with Crippen molar-refractivity contribution in [1.29, 1.82) is 0 Å². The van der Waals surface area contributed by atoms with Crippen LogP contribution in [-0.2, 0) is 10.0 Å². The van der Waals surface area contributed by atoms with Crippen LogP contribution in [0.15, 0.2) is 48.5 Å². The van der Waals surface area contributed by atoms with E-state index in [2.05, 4.69) is 10.0 Å². The van der Waals surface area contributed by atoms with Crippen molar-refractivity contribution in [2.24, 2.45) is 0 Å². The highest BCUT2D eigenvalue weighted by molar-refractivity contribution is 7.92. The number of carbonyl (C=O) groups excluding carboxylic acids is 1. The fourth-order valence-corrected chi connectivity index (χ4v) is 4.15. The van der Waals surface area contributed by atoms with Crippen molar-refractivity contribution >= 4 is 21.6 Å². The number of carbonyl (C=O) groups is 1. The molecule has 0 aliphatic carbocycles. The molecule has 29 heavy (non-hydrogen) atoms. The molecule has 0 unspecified atom stereocenters. The Morgan fingerprint density at radius 2 is 1.86 bits per heavy atom. The molecule has 0 fully saturated rings. The molecule has 0 bridgehead atoms. The number of hydrogen-bond donors (Lipinski definition) is 2. The van der Waals surface area contributed by atoms with Crippen molar-refractivity contribution in [3.63, 3.8) is 0 Å². The fraction of sp³-hybridized carbons (Fsp3) is 0.381. The van der Waals surface area contributed by atoms with E-state index >= 15 is 0 Å². The van der Waals surface area contributed by atoms with Gasteiger partial charge in [-0.2, -0.15) is 0 Å². The first-order chi connectivity index (χ1) is 13.8. The molecular formula is C21H29N3O4S. The van der Waals surface area contributed by atoms with E-state index in [1.54, 1.807) is 32.2 Å². The molecule has 0 saturated heterocycles. The lowest BCUT2D eigenvalue weighted by molar-refractivity contribution is 0.0941. The molecule has 1 atom stereocenters. The first-order valence-corrected chi connectivity index (χ1v) is 11.1. The van der Waals surface area contributed by atoms with Crippen LogP contribution in [0, 0.1) is 0 Å². The van der Waals surface area contributed by atoms with Crippen molar-refractivity contribution in [2.75, 3.05) is 38.2 Å². The number of nitrogens with zero attached hydrogens (tertiary/aromatic N) is 1. The van der Waals surface area contributed by atoms with Gasteiger partial charge in [-0.05, 0) is 44.8 Å². The Bertz CT molecular complexity index is 929. The van der Waals surface area contributed by atoms with Gasteiger partial charge in [-0.1, -0.05) is 31.2 Å². The van der Waals surface area contributed by atoms with Gasteiger partial charge in [0.15, 0.2) is 0 Å². The van der Waals surface area contributed by atoms with Gasteiger partial charge in [-0.25, -0.2) is 8.42 Å². The minimum absolute atomic E-state index is 0.0346. The summed E-state index contributed by atoms with van der Waals surface area (Å²) in [6, 6.07) is 14.1. The Kier molecular flexibility index (Phi) is 8.04. The highest BCUT2D eigenvalue weighted by Crippen LogP contribution is 2.27. The topological polar surface area (TPSA) is 87.7 Å². The monoisotopic (exact) mass is 419 g/mol. The molecule has 1 amide bonds. The normalized spacial score (nSPS) is 12.4. The zero-order valence-electron chi connectivity index (χ0n) is 17.3. The van der Waals surface area contributed by atoms with Crippen LogP contribution < -0.4 is 14.8 Å². The van der Waals surface area contributed by atoms with E-state index in [-0.39, 0.29) is 17.7 Å². The number of methoxy groups -OCH3 is 1. The number of nitrogens with one attached hydrogen (secondary N) is 2. The molecule has 0 radical (unpaired) electrons. The maximum Gasteiger partial charge on any atom is 0.251 e. The molecule has 0 spiro atoms. The zero-order valence-corrected chi connectivity index (χ0v) is 18.1. The Labute approximate surface area is 173 Å². The van der Waals surface area contributed by atoms with Gasteiger partial charge in [-0.15, -0.1) is 0 Å². The third-order valence-corrected chi connectivity index (χ3v) is 5.94. The highest BCUT2D eigenvalue weighted by Gasteiger charge is 2.19. The predicted octanol–water partition coefficient (Wildman–Crippen LogP) is 2.88. The van der Waals surface area contributed by atoms with Crippen LogP contribution in [0.5, 0.6) is 5.75 Å². The van der Waals surface area contributed by atoms with E-state index in [9.17, 15) is 13.2 Å². The van der Waals surface area contributed by atoms with Gasteiger partial charge < -0.3 is 15.0 Å². The molecule has 0 heterocycles. The van der Waals surface area contributed by atoms with Crippen LogP contribution in [0.1, 0.15) is 35.3 Å². The molecule has 2 aromatic rings. The molecule has 0 saturated carbocycles. The second kappa shape index (κ2) is 10.3. The number of hydrogen-bond acceptors (Lipinski definition) is 5. The Morgan fingerprint density at radius 1 is 1.14 bits per heavy atom. The maximum absolute atomic E-state index is 12.7. The van der Waals surface area contributed by atoms with Crippen LogP contribution >= 0.6 is 0 Å². The van der Waals surface area contributed by atoms with Gasteiger partial charge in [-0.3, -0.25) is 9.52 Å². The number of anilines is 1. The molecule has 2 rings (SSSR count). The summed E-state index contributed by atoms with van der Waals surface area (Å²) in [6.07, 6.45) is 0.518. The zero-order chi connectivity index (χ0) is 21.4.